The van der Waals surface area contributed by atoms with Gasteiger partial charge < -0.3 is 20.9 Å². The third-order valence-electron chi connectivity index (χ3n) is 9.29. The number of nitrogens with one attached hydrogen (secondary N) is 1. The summed E-state index contributed by atoms with van der Waals surface area (Å²) in [5.41, 5.74) is 9.22. The summed E-state index contributed by atoms with van der Waals surface area (Å²) in [6.07, 6.45) is -0.0656. The predicted octanol–water partition coefficient (Wildman–Crippen LogP) is 9.70. The highest BCUT2D eigenvalue weighted by Gasteiger charge is 2.23. The molecule has 0 saturated carbocycles. The van der Waals surface area contributed by atoms with Gasteiger partial charge in [0.2, 0.25) is 0 Å². The van der Waals surface area contributed by atoms with E-state index < -0.39 is 58.3 Å². The van der Waals surface area contributed by atoms with Crippen molar-refractivity contribution in [2.45, 2.75) is 37.0 Å². The summed E-state index contributed by atoms with van der Waals surface area (Å²) in [4.78, 5) is 11.7. The van der Waals surface area contributed by atoms with Gasteiger partial charge in [-0.3, -0.25) is 18.5 Å². The van der Waals surface area contributed by atoms with Gasteiger partial charge in [-0.15, -0.1) is 10.2 Å². The van der Waals surface area contributed by atoms with Crippen LogP contribution < -0.4 is 15.8 Å². The van der Waals surface area contributed by atoms with E-state index in [1.165, 1.54) is 48.5 Å². The van der Waals surface area contributed by atoms with Crippen molar-refractivity contribution >= 4 is 92.5 Å². The summed E-state index contributed by atoms with van der Waals surface area (Å²) < 4.78 is 105. The Morgan fingerprint density at radius 2 is 1.22 bits per heavy atom. The van der Waals surface area contributed by atoms with Crippen LogP contribution in [-0.2, 0) is 30.4 Å². The van der Waals surface area contributed by atoms with Crippen LogP contribution in [-0.4, -0.2) is 62.3 Å². The Kier molecular flexibility index (Phi) is 13.6. The highest BCUT2D eigenvalue weighted by molar-refractivity contribution is 7.86. The first kappa shape index (κ1) is 46.5. The van der Waals surface area contributed by atoms with E-state index in [1.54, 1.807) is 51.1 Å². The van der Waals surface area contributed by atoms with Crippen molar-refractivity contribution in [3.8, 4) is 11.5 Å². The van der Waals surface area contributed by atoms with E-state index in [4.69, 9.17) is 15.0 Å². The maximum atomic E-state index is 12.8. The SMILES string of the molecule is Cc1cc(N=Nc2cc(C)c(N=Nc3c(S(=O)(=O)O)cc4cc(NC(=O)c5ccc(N)cc5)ccc4c3O)cc2C)c(OCCCS(=O)(=O)O)cc1N=Nc1ccc(S(=O)(=O)O)cc1. The Balaban J connectivity index is 1.27. The molecule has 0 aliphatic heterocycles. The number of fused-ring (bicyclic) bond motifs is 1. The molecule has 64 heavy (non-hydrogen) atoms. The van der Waals surface area contributed by atoms with Crippen LogP contribution in [0, 0.1) is 20.8 Å². The number of azo groups is 3. The molecule has 23 heteroatoms. The van der Waals surface area contributed by atoms with Crippen molar-refractivity contribution in [3.63, 3.8) is 0 Å². The molecule has 0 fully saturated rings. The van der Waals surface area contributed by atoms with Gasteiger partial charge in [-0.2, -0.15) is 45.7 Å². The zero-order valence-corrected chi connectivity index (χ0v) is 36.3. The third kappa shape index (κ3) is 11.7. The number of rotatable bonds is 15. The minimum atomic E-state index is -4.96. The number of ether oxygens (including phenoxy) is 1. The van der Waals surface area contributed by atoms with E-state index in [-0.39, 0.29) is 57.2 Å². The second-order valence-electron chi connectivity index (χ2n) is 14.1. The zero-order chi connectivity index (χ0) is 46.6. The first-order valence-electron chi connectivity index (χ1n) is 18.7. The molecule has 332 valence electrons. The summed E-state index contributed by atoms with van der Waals surface area (Å²) in [5, 5.41) is 39.6. The number of anilines is 2. The molecular weight excluding hydrogens is 893 g/mol. The van der Waals surface area contributed by atoms with Crippen LogP contribution in [0.15, 0.2) is 138 Å². The first-order chi connectivity index (χ1) is 30.1. The normalized spacial score (nSPS) is 12.5. The fourth-order valence-electron chi connectivity index (χ4n) is 5.96. The smallest absolute Gasteiger partial charge is 0.296 e. The molecule has 0 radical (unpaired) electrons. The van der Waals surface area contributed by atoms with Crippen molar-refractivity contribution in [2.24, 2.45) is 30.7 Å². The predicted molar refractivity (Wildman–Crippen MR) is 237 cm³/mol. The van der Waals surface area contributed by atoms with Crippen molar-refractivity contribution in [2.75, 3.05) is 23.4 Å². The van der Waals surface area contributed by atoms with Crippen molar-refractivity contribution < 1.29 is 53.5 Å². The van der Waals surface area contributed by atoms with Gasteiger partial charge in [-0.05, 0) is 140 Å². The number of aromatic hydroxyl groups is 1. The Morgan fingerprint density at radius 3 is 1.81 bits per heavy atom. The molecule has 1 amide bonds. The average Bonchev–Trinajstić information content (AvgIpc) is 3.21. The van der Waals surface area contributed by atoms with Gasteiger partial charge in [-0.25, -0.2) is 0 Å². The number of phenols is 1. The van der Waals surface area contributed by atoms with Crippen LogP contribution in [0.1, 0.15) is 33.5 Å². The highest BCUT2D eigenvalue weighted by atomic mass is 32.2. The number of amides is 1. The number of hydrogen-bond donors (Lipinski definition) is 6. The molecule has 0 heterocycles. The molecule has 0 bridgehead atoms. The minimum absolute atomic E-state index is 0.0656. The number of benzene rings is 6. The van der Waals surface area contributed by atoms with E-state index in [0.717, 1.165) is 18.2 Å². The molecule has 20 nitrogen and oxygen atoms in total. The molecule has 0 atom stereocenters. The van der Waals surface area contributed by atoms with Crippen LogP contribution in [0.3, 0.4) is 0 Å². The molecule has 0 aliphatic carbocycles. The van der Waals surface area contributed by atoms with Gasteiger partial charge in [0.05, 0.1) is 40.0 Å². The van der Waals surface area contributed by atoms with Crippen LogP contribution in [0.4, 0.5) is 45.5 Å². The standard InChI is InChI=1S/C41H38N8O12S3/c1-23-18-34(47-49-39-38(64(58,59)60)21-27-20-30(11-14-32(27)40(39)50)43-41(51)26-5-7-28(42)8-6-26)24(2)17-33(23)46-48-36-19-25(3)35(22-37(36)61-15-4-16-62(52,53)54)45-44-29-9-12-31(13-10-29)63(55,56)57/h5-14,17-22,50H,4,15-16,42H2,1-3H3,(H,43,51)(H,52,53,54)(H,55,56,57)(H,58,59,60). The monoisotopic (exact) mass is 930 g/mol. The topological polar surface area (TPSA) is 322 Å². The average molecular weight is 931 g/mol. The van der Waals surface area contributed by atoms with Crippen LogP contribution >= 0.6 is 0 Å². The molecule has 6 aromatic carbocycles. The molecule has 7 N–H and O–H groups in total. The second-order valence-corrected chi connectivity index (χ2v) is 18.5. The number of phenolic OH excluding ortho intramolecular Hbond substituents is 1. The van der Waals surface area contributed by atoms with Crippen molar-refractivity contribution in [3.05, 3.63) is 119 Å². The number of aryl methyl sites for hydroxylation is 3. The molecule has 0 aliphatic rings. The number of carbonyl (C=O) groups excluding carboxylic acids is 1. The van der Waals surface area contributed by atoms with Gasteiger partial charge in [0, 0.05) is 28.4 Å². The highest BCUT2D eigenvalue weighted by Crippen LogP contribution is 2.43. The summed E-state index contributed by atoms with van der Waals surface area (Å²) in [6.45, 7) is 4.92. The lowest BCUT2D eigenvalue weighted by molar-refractivity contribution is 0.102. The molecular formula is C41H38N8O12S3. The fraction of sp³-hybridized carbons (Fsp3) is 0.146. The summed E-state index contributed by atoms with van der Waals surface area (Å²) >= 11 is 0. The number of carbonyl (C=O) groups is 1. The Hall–Kier alpha value is -7.02. The van der Waals surface area contributed by atoms with Gasteiger partial charge in [0.25, 0.3) is 36.3 Å². The lowest BCUT2D eigenvalue weighted by Gasteiger charge is -2.12. The van der Waals surface area contributed by atoms with Gasteiger partial charge in [0.1, 0.15) is 22.0 Å². The Morgan fingerprint density at radius 1 is 0.656 bits per heavy atom. The summed E-state index contributed by atoms with van der Waals surface area (Å²) in [5.74, 6) is -1.50. The quantitative estimate of drug-likeness (QED) is 0.0242. The second kappa shape index (κ2) is 18.8. The summed E-state index contributed by atoms with van der Waals surface area (Å²) in [6, 6.07) is 22.9. The molecule has 0 aromatic heterocycles. The minimum Gasteiger partial charge on any atom is -0.505 e. The maximum absolute atomic E-state index is 12.8. The van der Waals surface area contributed by atoms with E-state index in [0.29, 0.717) is 39.3 Å². The van der Waals surface area contributed by atoms with E-state index in [1.807, 2.05) is 0 Å². The molecule has 0 unspecified atom stereocenters. The van der Waals surface area contributed by atoms with Gasteiger partial charge in [0.15, 0.2) is 5.75 Å². The van der Waals surface area contributed by atoms with Crippen molar-refractivity contribution in [1.82, 2.24) is 0 Å². The van der Waals surface area contributed by atoms with E-state index in [2.05, 4.69) is 36.0 Å². The number of nitrogen functional groups attached to an aromatic ring is 1. The number of nitrogens with zero attached hydrogens (tertiary/aromatic N) is 6. The Labute approximate surface area is 366 Å². The number of hydrogen-bond acceptors (Lipinski definition) is 16. The van der Waals surface area contributed by atoms with Gasteiger partial charge >= 0.3 is 0 Å². The van der Waals surface area contributed by atoms with Crippen LogP contribution in [0.2, 0.25) is 0 Å². The molecule has 0 spiro atoms. The largest absolute Gasteiger partial charge is 0.505 e. The van der Waals surface area contributed by atoms with Crippen LogP contribution in [0.25, 0.3) is 10.8 Å². The molecule has 6 aromatic rings. The fourth-order valence-corrected chi connectivity index (χ4v) is 7.58. The molecule has 6 rings (SSSR count). The van der Waals surface area contributed by atoms with E-state index >= 15 is 0 Å². The van der Waals surface area contributed by atoms with Crippen molar-refractivity contribution in [1.29, 1.82) is 0 Å². The van der Waals surface area contributed by atoms with Crippen LogP contribution in [0.5, 0.6) is 11.5 Å². The van der Waals surface area contributed by atoms with E-state index in [9.17, 15) is 44.3 Å². The molecule has 0 saturated heterocycles. The van der Waals surface area contributed by atoms with Gasteiger partial charge in [-0.1, -0.05) is 0 Å². The third-order valence-corrected chi connectivity index (χ3v) is 11.8. The maximum Gasteiger partial charge on any atom is 0.296 e. The number of nitrogens with two attached hydrogens (primary N) is 1. The first-order valence-corrected chi connectivity index (χ1v) is 23.2. The lowest BCUT2D eigenvalue weighted by Crippen LogP contribution is -2.11. The Bertz CT molecular complexity index is 3230. The lowest BCUT2D eigenvalue weighted by atomic mass is 10.1. The summed E-state index contributed by atoms with van der Waals surface area (Å²) in [7, 11) is -13.6. The zero-order valence-electron chi connectivity index (χ0n) is 33.9.